The molecule has 0 aliphatic carbocycles. The van der Waals surface area contributed by atoms with Crippen LogP contribution in [0.1, 0.15) is 29.8 Å². The number of aryl methyl sites for hydroxylation is 1. The minimum Gasteiger partial charge on any atom is -0.494 e. The lowest BCUT2D eigenvalue weighted by atomic mass is 10.0. The van der Waals surface area contributed by atoms with Crippen LogP contribution in [0.25, 0.3) is 0 Å². The summed E-state index contributed by atoms with van der Waals surface area (Å²) in [5.74, 6) is 0.996. The van der Waals surface area contributed by atoms with Crippen molar-refractivity contribution >= 4 is 11.3 Å². The molecule has 0 amide bonds. The quantitative estimate of drug-likeness (QED) is 0.823. The van der Waals surface area contributed by atoms with Gasteiger partial charge in [-0.1, -0.05) is 24.3 Å². The molecular formula is C16H21NOS. The summed E-state index contributed by atoms with van der Waals surface area (Å²) in [5.41, 5.74) is 1.25. The van der Waals surface area contributed by atoms with E-state index >= 15 is 0 Å². The molecule has 1 heterocycles. The molecule has 1 aromatic carbocycles. The molecule has 2 rings (SSSR count). The third-order valence-corrected chi connectivity index (χ3v) is 4.14. The largest absolute Gasteiger partial charge is 0.494 e. The van der Waals surface area contributed by atoms with Crippen LogP contribution in [0.3, 0.4) is 0 Å². The van der Waals surface area contributed by atoms with Gasteiger partial charge in [-0.05, 0) is 44.3 Å². The Kier molecular flexibility index (Phi) is 5.43. The van der Waals surface area contributed by atoms with Gasteiger partial charge in [-0.25, -0.2) is 0 Å². The van der Waals surface area contributed by atoms with Crippen LogP contribution in [0.5, 0.6) is 5.75 Å². The topological polar surface area (TPSA) is 21.3 Å². The number of hydrogen-bond acceptors (Lipinski definition) is 3. The highest BCUT2D eigenvalue weighted by Crippen LogP contribution is 2.28. The van der Waals surface area contributed by atoms with Gasteiger partial charge >= 0.3 is 0 Å². The van der Waals surface area contributed by atoms with Crippen LogP contribution in [0.15, 0.2) is 41.8 Å². The van der Waals surface area contributed by atoms with Crippen LogP contribution < -0.4 is 10.1 Å². The summed E-state index contributed by atoms with van der Waals surface area (Å²) in [6.45, 7) is 2.73. The fraction of sp³-hybridized carbons (Fsp3) is 0.375. The van der Waals surface area contributed by atoms with Crippen molar-refractivity contribution in [2.75, 3.05) is 13.7 Å². The molecule has 102 valence electrons. The van der Waals surface area contributed by atoms with Gasteiger partial charge in [-0.2, -0.15) is 0 Å². The first-order valence-electron chi connectivity index (χ1n) is 6.76. The van der Waals surface area contributed by atoms with E-state index in [1.54, 1.807) is 0 Å². The van der Waals surface area contributed by atoms with Gasteiger partial charge < -0.3 is 10.1 Å². The molecule has 1 atom stereocenters. The van der Waals surface area contributed by atoms with Crippen LogP contribution >= 0.6 is 11.3 Å². The van der Waals surface area contributed by atoms with Crippen molar-refractivity contribution < 1.29 is 4.74 Å². The summed E-state index contributed by atoms with van der Waals surface area (Å²) in [4.78, 5) is 1.44. The van der Waals surface area contributed by atoms with Crippen LogP contribution in [0, 0.1) is 0 Å². The highest BCUT2D eigenvalue weighted by atomic mass is 32.1. The smallest absolute Gasteiger partial charge is 0.124 e. The van der Waals surface area contributed by atoms with Gasteiger partial charge in [-0.15, -0.1) is 11.3 Å². The fourth-order valence-corrected chi connectivity index (χ4v) is 2.98. The molecule has 19 heavy (non-hydrogen) atoms. The van der Waals surface area contributed by atoms with Crippen molar-refractivity contribution in [1.82, 2.24) is 5.32 Å². The lowest BCUT2D eigenvalue weighted by Gasteiger charge is -2.19. The van der Waals surface area contributed by atoms with Crippen molar-refractivity contribution in [3.05, 3.63) is 52.2 Å². The molecule has 0 spiro atoms. The third kappa shape index (κ3) is 3.82. The first-order chi connectivity index (χ1) is 9.35. The van der Waals surface area contributed by atoms with Crippen LogP contribution in [0.2, 0.25) is 0 Å². The molecule has 0 bridgehead atoms. The Morgan fingerprint density at radius 2 is 2.05 bits per heavy atom. The predicted molar refractivity (Wildman–Crippen MR) is 82.1 cm³/mol. The maximum absolute atomic E-state index is 5.72. The maximum atomic E-state index is 5.72. The second-order valence-electron chi connectivity index (χ2n) is 4.43. The zero-order valence-electron chi connectivity index (χ0n) is 11.6. The Hall–Kier alpha value is -1.32. The highest BCUT2D eigenvalue weighted by molar-refractivity contribution is 7.09. The Morgan fingerprint density at radius 3 is 2.74 bits per heavy atom. The van der Waals surface area contributed by atoms with Crippen LogP contribution in [-0.2, 0) is 6.42 Å². The summed E-state index contributed by atoms with van der Waals surface area (Å²) >= 11 is 1.83. The molecule has 0 saturated carbocycles. The van der Waals surface area contributed by atoms with E-state index in [-0.39, 0.29) is 0 Å². The minimum atomic E-state index is 0.338. The monoisotopic (exact) mass is 275 g/mol. The normalized spacial score (nSPS) is 12.3. The van der Waals surface area contributed by atoms with Crippen molar-refractivity contribution in [1.29, 1.82) is 0 Å². The van der Waals surface area contributed by atoms with E-state index in [2.05, 4.69) is 35.0 Å². The SMILES string of the molecule is CCOc1ccccc1C(CCc1cccs1)NC. The van der Waals surface area contributed by atoms with Gasteiger partial charge in [0.1, 0.15) is 5.75 Å². The summed E-state index contributed by atoms with van der Waals surface area (Å²) in [5, 5.41) is 5.54. The van der Waals surface area contributed by atoms with Crippen LogP contribution in [0.4, 0.5) is 0 Å². The first kappa shape index (κ1) is 14.1. The number of hydrogen-bond donors (Lipinski definition) is 1. The number of ether oxygens (including phenoxy) is 1. The number of thiophene rings is 1. The van der Waals surface area contributed by atoms with E-state index in [0.29, 0.717) is 12.6 Å². The number of benzene rings is 1. The van der Waals surface area contributed by atoms with Crippen molar-refractivity contribution in [2.24, 2.45) is 0 Å². The summed E-state index contributed by atoms with van der Waals surface area (Å²) < 4.78 is 5.72. The molecule has 3 heteroatoms. The van der Waals surface area contributed by atoms with Crippen molar-refractivity contribution in [2.45, 2.75) is 25.8 Å². The summed E-state index contributed by atoms with van der Waals surface area (Å²) in [6, 6.07) is 13.0. The van der Waals surface area contributed by atoms with E-state index in [0.717, 1.165) is 18.6 Å². The molecule has 2 aromatic rings. The highest BCUT2D eigenvalue weighted by Gasteiger charge is 2.14. The van der Waals surface area contributed by atoms with Gasteiger partial charge in [0, 0.05) is 16.5 Å². The first-order valence-corrected chi connectivity index (χ1v) is 7.64. The summed E-state index contributed by atoms with van der Waals surface area (Å²) in [7, 11) is 2.02. The van der Waals surface area contributed by atoms with Gasteiger partial charge in [0.15, 0.2) is 0 Å². The second-order valence-corrected chi connectivity index (χ2v) is 5.46. The zero-order chi connectivity index (χ0) is 13.5. The van der Waals surface area contributed by atoms with Crippen molar-refractivity contribution in [3.63, 3.8) is 0 Å². The van der Waals surface area contributed by atoms with Gasteiger partial charge in [-0.3, -0.25) is 0 Å². The molecule has 2 nitrogen and oxygen atoms in total. The van der Waals surface area contributed by atoms with E-state index in [1.807, 2.05) is 37.4 Å². The Bertz CT molecular complexity index is 481. The van der Waals surface area contributed by atoms with E-state index in [4.69, 9.17) is 4.74 Å². The summed E-state index contributed by atoms with van der Waals surface area (Å²) in [6.07, 6.45) is 2.19. The van der Waals surface area contributed by atoms with E-state index in [9.17, 15) is 0 Å². The Labute approximate surface area is 119 Å². The molecule has 0 aliphatic heterocycles. The van der Waals surface area contributed by atoms with Gasteiger partial charge in [0.05, 0.1) is 6.61 Å². The minimum absolute atomic E-state index is 0.338. The molecule has 1 N–H and O–H groups in total. The number of rotatable bonds is 7. The standard InChI is InChI=1S/C16H21NOS/c1-3-18-16-9-5-4-8-14(16)15(17-2)11-10-13-7-6-12-19-13/h4-9,12,15,17H,3,10-11H2,1-2H3. The molecule has 1 aromatic heterocycles. The number of para-hydroxylation sites is 1. The van der Waals surface area contributed by atoms with Crippen molar-refractivity contribution in [3.8, 4) is 5.75 Å². The Morgan fingerprint density at radius 1 is 1.21 bits per heavy atom. The third-order valence-electron chi connectivity index (χ3n) is 3.20. The van der Waals surface area contributed by atoms with Gasteiger partial charge in [0.25, 0.3) is 0 Å². The maximum Gasteiger partial charge on any atom is 0.124 e. The lowest BCUT2D eigenvalue weighted by molar-refractivity contribution is 0.331. The predicted octanol–water partition coefficient (Wildman–Crippen LogP) is 4.04. The number of nitrogens with one attached hydrogen (secondary N) is 1. The molecule has 1 unspecified atom stereocenters. The van der Waals surface area contributed by atoms with E-state index < -0.39 is 0 Å². The zero-order valence-corrected chi connectivity index (χ0v) is 12.4. The fourth-order valence-electron chi connectivity index (χ4n) is 2.25. The molecule has 0 fully saturated rings. The molecule has 0 radical (unpaired) electrons. The average Bonchev–Trinajstić information content (AvgIpc) is 2.95. The average molecular weight is 275 g/mol. The van der Waals surface area contributed by atoms with E-state index in [1.165, 1.54) is 10.4 Å². The molecule has 0 saturated heterocycles. The Balaban J connectivity index is 2.08. The second kappa shape index (κ2) is 7.31. The lowest BCUT2D eigenvalue weighted by Crippen LogP contribution is -2.18. The molecule has 0 aliphatic rings. The van der Waals surface area contributed by atoms with Gasteiger partial charge in [0.2, 0.25) is 0 Å². The van der Waals surface area contributed by atoms with Crippen LogP contribution in [-0.4, -0.2) is 13.7 Å². The molecular weight excluding hydrogens is 254 g/mol.